The summed E-state index contributed by atoms with van der Waals surface area (Å²) in [4.78, 5) is 10.2. The third-order valence-electron chi connectivity index (χ3n) is 1.25. The number of carbonyl (C=O) groups is 1. The van der Waals surface area contributed by atoms with Gasteiger partial charge in [0.1, 0.15) is 0 Å². The fraction of sp³-hybridized carbons (Fsp3) is 0.857. The Kier molecular flexibility index (Phi) is 7.72. The van der Waals surface area contributed by atoms with Crippen LogP contribution in [0.4, 0.5) is 0 Å². The molecule has 1 amide bonds. The highest BCUT2D eigenvalue weighted by atomic mass is 32.2. The van der Waals surface area contributed by atoms with Crippen LogP contribution in [0.15, 0.2) is 0 Å². The Bertz CT molecular complexity index is 109. The van der Waals surface area contributed by atoms with E-state index in [2.05, 4.69) is 11.6 Å². The van der Waals surface area contributed by atoms with E-state index in [9.17, 15) is 4.79 Å². The highest BCUT2D eigenvalue weighted by molar-refractivity contribution is 7.98. The summed E-state index contributed by atoms with van der Waals surface area (Å²) in [6.45, 7) is 1.20. The van der Waals surface area contributed by atoms with Gasteiger partial charge in [0.2, 0.25) is 5.91 Å². The normalized spacial score (nSPS) is 9.91. The topological polar surface area (TPSA) is 55.1 Å². The van der Waals surface area contributed by atoms with Crippen molar-refractivity contribution in [3.05, 3.63) is 0 Å². The number of amides is 1. The van der Waals surface area contributed by atoms with Gasteiger partial charge in [-0.25, -0.2) is 0 Å². The van der Waals surface area contributed by atoms with E-state index in [0.717, 1.165) is 13.0 Å². The molecule has 0 unspecified atom stereocenters. The van der Waals surface area contributed by atoms with Gasteiger partial charge in [-0.2, -0.15) is 11.8 Å². The van der Waals surface area contributed by atoms with E-state index in [1.807, 2.05) is 11.8 Å². The predicted octanol–water partition coefficient (Wildman–Crippen LogP) is 0.204. The molecule has 4 heteroatoms. The number of rotatable bonds is 7. The molecule has 0 saturated carbocycles. The molecule has 0 aromatic heterocycles. The summed E-state index contributed by atoms with van der Waals surface area (Å²) in [5, 5.41) is 2.96. The molecular formula is C7H16N2OS. The van der Waals surface area contributed by atoms with Crippen molar-refractivity contribution in [3.63, 3.8) is 0 Å². The van der Waals surface area contributed by atoms with Gasteiger partial charge in [0.05, 0.1) is 6.54 Å². The zero-order valence-corrected chi connectivity index (χ0v) is 7.75. The minimum absolute atomic E-state index is 0.283. The third kappa shape index (κ3) is 9.78. The average molecular weight is 176 g/mol. The summed E-state index contributed by atoms with van der Waals surface area (Å²) >= 11 is 1.85. The monoisotopic (exact) mass is 176 g/mol. The van der Waals surface area contributed by atoms with E-state index < -0.39 is 0 Å². The highest BCUT2D eigenvalue weighted by Crippen LogP contribution is 1.97. The van der Waals surface area contributed by atoms with E-state index in [1.54, 1.807) is 0 Å². The zero-order valence-electron chi connectivity index (χ0n) is 6.93. The standard InChI is InChI=1S/C7H16N2OS/c1-11-5-3-2-4-9-6-7(8)10/h9H,2-6H2,1H3,(H2,8,10). The van der Waals surface area contributed by atoms with Gasteiger partial charge in [-0.3, -0.25) is 4.79 Å². The number of carbonyl (C=O) groups excluding carboxylic acids is 1. The van der Waals surface area contributed by atoms with E-state index in [4.69, 9.17) is 5.73 Å². The first-order valence-electron chi connectivity index (χ1n) is 3.75. The quantitative estimate of drug-likeness (QED) is 0.545. The molecule has 3 N–H and O–H groups in total. The van der Waals surface area contributed by atoms with Gasteiger partial charge in [0, 0.05) is 0 Å². The van der Waals surface area contributed by atoms with E-state index >= 15 is 0 Å². The molecule has 0 heterocycles. The highest BCUT2D eigenvalue weighted by Gasteiger charge is 1.91. The maximum atomic E-state index is 10.2. The second-order valence-corrected chi connectivity index (χ2v) is 3.33. The smallest absolute Gasteiger partial charge is 0.231 e. The number of hydrogen-bond acceptors (Lipinski definition) is 3. The van der Waals surface area contributed by atoms with Crippen LogP contribution in [0.2, 0.25) is 0 Å². The van der Waals surface area contributed by atoms with Gasteiger partial charge >= 0.3 is 0 Å². The third-order valence-corrected chi connectivity index (χ3v) is 1.95. The van der Waals surface area contributed by atoms with Crippen molar-refractivity contribution >= 4 is 17.7 Å². The van der Waals surface area contributed by atoms with Crippen molar-refractivity contribution < 1.29 is 4.79 Å². The van der Waals surface area contributed by atoms with Gasteiger partial charge in [0.15, 0.2) is 0 Å². The van der Waals surface area contributed by atoms with Crippen LogP contribution in [0.5, 0.6) is 0 Å². The number of hydrogen-bond donors (Lipinski definition) is 2. The first kappa shape index (κ1) is 10.8. The summed E-state index contributed by atoms with van der Waals surface area (Å²) < 4.78 is 0. The lowest BCUT2D eigenvalue weighted by Crippen LogP contribution is -2.29. The number of primary amides is 1. The summed E-state index contributed by atoms with van der Waals surface area (Å²) in [6.07, 6.45) is 4.41. The number of nitrogens with two attached hydrogens (primary N) is 1. The molecule has 0 rings (SSSR count). The molecule has 11 heavy (non-hydrogen) atoms. The molecule has 0 aliphatic carbocycles. The summed E-state index contributed by atoms with van der Waals surface area (Å²) in [6, 6.07) is 0. The van der Waals surface area contributed by atoms with Gasteiger partial charge in [-0.05, 0) is 31.4 Å². The van der Waals surface area contributed by atoms with E-state index in [0.29, 0.717) is 6.54 Å². The minimum atomic E-state index is -0.283. The molecule has 0 aromatic rings. The van der Waals surface area contributed by atoms with Crippen molar-refractivity contribution in [2.75, 3.05) is 25.1 Å². The first-order valence-corrected chi connectivity index (χ1v) is 5.14. The first-order chi connectivity index (χ1) is 5.27. The minimum Gasteiger partial charge on any atom is -0.369 e. The van der Waals surface area contributed by atoms with Crippen LogP contribution in [-0.2, 0) is 4.79 Å². The van der Waals surface area contributed by atoms with Crippen LogP contribution in [0.3, 0.4) is 0 Å². The average Bonchev–Trinajstić information content (AvgIpc) is 1.96. The van der Waals surface area contributed by atoms with Crippen LogP contribution in [0.25, 0.3) is 0 Å². The van der Waals surface area contributed by atoms with Crippen molar-refractivity contribution in [3.8, 4) is 0 Å². The van der Waals surface area contributed by atoms with Crippen molar-refractivity contribution in [2.24, 2.45) is 5.73 Å². The molecule has 0 atom stereocenters. The molecule has 66 valence electrons. The molecule has 0 bridgehead atoms. The van der Waals surface area contributed by atoms with Crippen LogP contribution in [-0.4, -0.2) is 31.0 Å². The van der Waals surface area contributed by atoms with Crippen molar-refractivity contribution in [2.45, 2.75) is 12.8 Å². The maximum absolute atomic E-state index is 10.2. The number of thioether (sulfide) groups is 1. The van der Waals surface area contributed by atoms with Crippen LogP contribution < -0.4 is 11.1 Å². The maximum Gasteiger partial charge on any atom is 0.231 e. The summed E-state index contributed by atoms with van der Waals surface area (Å²) in [7, 11) is 0. The van der Waals surface area contributed by atoms with Gasteiger partial charge < -0.3 is 11.1 Å². The molecule has 0 aliphatic rings. The molecule has 3 nitrogen and oxygen atoms in total. The molecular weight excluding hydrogens is 160 g/mol. The molecule has 0 radical (unpaired) electrons. The fourth-order valence-electron chi connectivity index (χ4n) is 0.708. The lowest BCUT2D eigenvalue weighted by atomic mass is 10.3. The Balaban J connectivity index is 2.85. The van der Waals surface area contributed by atoms with Gasteiger partial charge in [0.25, 0.3) is 0 Å². The fourth-order valence-corrected chi connectivity index (χ4v) is 1.20. The lowest BCUT2D eigenvalue weighted by Gasteiger charge is -2.00. The van der Waals surface area contributed by atoms with Crippen molar-refractivity contribution in [1.82, 2.24) is 5.32 Å². The zero-order chi connectivity index (χ0) is 8.53. The van der Waals surface area contributed by atoms with Gasteiger partial charge in [-0.1, -0.05) is 0 Å². The van der Waals surface area contributed by atoms with Crippen LogP contribution in [0.1, 0.15) is 12.8 Å². The Hall–Kier alpha value is -0.220. The van der Waals surface area contributed by atoms with Gasteiger partial charge in [-0.15, -0.1) is 0 Å². The molecule has 0 aromatic carbocycles. The molecule has 0 saturated heterocycles. The molecule has 0 spiro atoms. The summed E-state index contributed by atoms with van der Waals surface area (Å²) in [5.41, 5.74) is 4.93. The largest absolute Gasteiger partial charge is 0.369 e. The van der Waals surface area contributed by atoms with E-state index in [1.165, 1.54) is 12.2 Å². The summed E-state index contributed by atoms with van der Waals surface area (Å²) in [5.74, 6) is 0.910. The number of unbranched alkanes of at least 4 members (excludes halogenated alkanes) is 1. The second kappa shape index (κ2) is 7.88. The second-order valence-electron chi connectivity index (χ2n) is 2.34. The molecule has 0 aliphatic heterocycles. The Morgan fingerprint density at radius 3 is 2.82 bits per heavy atom. The lowest BCUT2D eigenvalue weighted by molar-refractivity contribution is -0.117. The molecule has 0 fully saturated rings. The van der Waals surface area contributed by atoms with Crippen LogP contribution >= 0.6 is 11.8 Å². The van der Waals surface area contributed by atoms with E-state index in [-0.39, 0.29) is 5.91 Å². The van der Waals surface area contributed by atoms with Crippen molar-refractivity contribution in [1.29, 1.82) is 0 Å². The number of nitrogens with one attached hydrogen (secondary N) is 1. The predicted molar refractivity (Wildman–Crippen MR) is 49.7 cm³/mol. The van der Waals surface area contributed by atoms with Crippen LogP contribution in [0, 0.1) is 0 Å². The SMILES string of the molecule is CSCCCCNCC(N)=O. The Morgan fingerprint density at radius 1 is 1.55 bits per heavy atom. The Labute approximate surface area is 72.1 Å². The Morgan fingerprint density at radius 2 is 2.27 bits per heavy atom.